The smallest absolute Gasteiger partial charge is 0.335 e. The predicted octanol–water partition coefficient (Wildman–Crippen LogP) is 2.68. The molecule has 5 heteroatoms. The van der Waals surface area contributed by atoms with Crippen LogP contribution in [0.3, 0.4) is 0 Å². The Balaban J connectivity index is 2.13. The molecule has 4 nitrogen and oxygen atoms in total. The number of piperazine rings is 1. The Hall–Kier alpha value is -1.07. The summed E-state index contributed by atoms with van der Waals surface area (Å²) in [6.45, 7) is 8.33. The molecule has 104 valence electrons. The fraction of sp³-hybridized carbons (Fsp3) is 0.500. The summed E-state index contributed by atoms with van der Waals surface area (Å²) < 4.78 is 0.814. The number of aromatic carboxylic acids is 1. The Morgan fingerprint density at radius 2 is 1.84 bits per heavy atom. The summed E-state index contributed by atoms with van der Waals surface area (Å²) in [6, 6.07) is 5.94. The minimum atomic E-state index is -0.886. The van der Waals surface area contributed by atoms with Gasteiger partial charge in [-0.2, -0.15) is 0 Å². The molecular formula is C14H19BrN2O2. The number of carboxylic acids is 1. The zero-order valence-corrected chi connectivity index (χ0v) is 12.9. The number of halogens is 1. The zero-order chi connectivity index (χ0) is 14.0. The summed E-state index contributed by atoms with van der Waals surface area (Å²) in [5.41, 5.74) is 1.31. The molecule has 2 rings (SSSR count). The average Bonchev–Trinajstić information content (AvgIpc) is 2.38. The highest BCUT2D eigenvalue weighted by Crippen LogP contribution is 2.24. The van der Waals surface area contributed by atoms with E-state index in [1.807, 2.05) is 6.07 Å². The largest absolute Gasteiger partial charge is 0.478 e. The van der Waals surface area contributed by atoms with Gasteiger partial charge in [-0.25, -0.2) is 4.79 Å². The third kappa shape index (κ3) is 3.48. The SMILES string of the molecule is CC(C)N1CCN(c2cc(Br)cc(C(=O)O)c2)CC1. The van der Waals surface area contributed by atoms with Crippen molar-refractivity contribution in [1.29, 1.82) is 0 Å². The molecule has 0 bridgehead atoms. The van der Waals surface area contributed by atoms with Crippen LogP contribution in [0.1, 0.15) is 24.2 Å². The number of nitrogens with zero attached hydrogens (tertiary/aromatic N) is 2. The molecule has 19 heavy (non-hydrogen) atoms. The van der Waals surface area contributed by atoms with E-state index < -0.39 is 5.97 Å². The summed E-state index contributed by atoms with van der Waals surface area (Å²) in [5, 5.41) is 9.10. The molecule has 0 aromatic heterocycles. The number of hydrogen-bond acceptors (Lipinski definition) is 3. The van der Waals surface area contributed by atoms with Gasteiger partial charge in [-0.3, -0.25) is 4.90 Å². The van der Waals surface area contributed by atoms with Crippen molar-refractivity contribution < 1.29 is 9.90 Å². The molecule has 0 unspecified atom stereocenters. The quantitative estimate of drug-likeness (QED) is 0.927. The molecular weight excluding hydrogens is 308 g/mol. The third-order valence-corrected chi connectivity index (χ3v) is 4.00. The predicted molar refractivity (Wildman–Crippen MR) is 80.0 cm³/mol. The molecule has 0 saturated carbocycles. The lowest BCUT2D eigenvalue weighted by Gasteiger charge is -2.38. The molecule has 0 spiro atoms. The van der Waals surface area contributed by atoms with Crippen LogP contribution in [-0.4, -0.2) is 48.2 Å². The van der Waals surface area contributed by atoms with E-state index in [-0.39, 0.29) is 0 Å². The first kappa shape index (κ1) is 14.3. The Morgan fingerprint density at radius 3 is 2.37 bits per heavy atom. The van der Waals surface area contributed by atoms with Crippen molar-refractivity contribution in [2.75, 3.05) is 31.1 Å². The molecule has 0 aliphatic carbocycles. The monoisotopic (exact) mass is 326 g/mol. The van der Waals surface area contributed by atoms with Gasteiger partial charge in [-0.1, -0.05) is 15.9 Å². The summed E-state index contributed by atoms with van der Waals surface area (Å²) in [5.74, 6) is -0.886. The van der Waals surface area contributed by atoms with E-state index in [1.165, 1.54) is 0 Å². The topological polar surface area (TPSA) is 43.8 Å². The van der Waals surface area contributed by atoms with Crippen LogP contribution in [0.15, 0.2) is 22.7 Å². The fourth-order valence-electron chi connectivity index (χ4n) is 2.38. The molecule has 1 aliphatic rings. The normalized spacial score (nSPS) is 16.9. The fourth-order valence-corrected chi connectivity index (χ4v) is 2.86. The lowest BCUT2D eigenvalue weighted by molar-refractivity contribution is 0.0697. The van der Waals surface area contributed by atoms with E-state index in [4.69, 9.17) is 5.11 Å². The summed E-state index contributed by atoms with van der Waals surface area (Å²) in [6.07, 6.45) is 0. The van der Waals surface area contributed by atoms with Gasteiger partial charge in [0.15, 0.2) is 0 Å². The molecule has 1 N–H and O–H groups in total. The number of carboxylic acid groups (broad SMARTS) is 1. The maximum absolute atomic E-state index is 11.1. The van der Waals surface area contributed by atoms with Gasteiger partial charge in [-0.15, -0.1) is 0 Å². The second kappa shape index (κ2) is 5.92. The minimum Gasteiger partial charge on any atom is -0.478 e. The third-order valence-electron chi connectivity index (χ3n) is 3.54. The highest BCUT2D eigenvalue weighted by Gasteiger charge is 2.20. The van der Waals surface area contributed by atoms with Crippen LogP contribution >= 0.6 is 15.9 Å². The van der Waals surface area contributed by atoms with Gasteiger partial charge in [0.2, 0.25) is 0 Å². The maximum Gasteiger partial charge on any atom is 0.335 e. The number of rotatable bonds is 3. The first-order chi connectivity index (χ1) is 8.97. The number of carbonyl (C=O) groups is 1. The average molecular weight is 327 g/mol. The van der Waals surface area contributed by atoms with Gasteiger partial charge >= 0.3 is 5.97 Å². The van der Waals surface area contributed by atoms with Crippen molar-refractivity contribution in [2.24, 2.45) is 0 Å². The van der Waals surface area contributed by atoms with Gasteiger partial charge < -0.3 is 10.0 Å². The lowest BCUT2D eigenvalue weighted by atomic mass is 10.1. The summed E-state index contributed by atoms with van der Waals surface area (Å²) >= 11 is 3.38. The van der Waals surface area contributed by atoms with E-state index in [1.54, 1.807) is 12.1 Å². The van der Waals surface area contributed by atoms with E-state index in [9.17, 15) is 4.79 Å². The first-order valence-electron chi connectivity index (χ1n) is 6.50. The number of benzene rings is 1. The van der Waals surface area contributed by atoms with E-state index >= 15 is 0 Å². The molecule has 0 radical (unpaired) electrons. The van der Waals surface area contributed by atoms with E-state index in [0.29, 0.717) is 11.6 Å². The van der Waals surface area contributed by atoms with E-state index in [2.05, 4.69) is 39.6 Å². The summed E-state index contributed by atoms with van der Waals surface area (Å²) in [4.78, 5) is 15.8. The van der Waals surface area contributed by atoms with Gasteiger partial charge in [0.1, 0.15) is 0 Å². The van der Waals surface area contributed by atoms with Crippen LogP contribution in [-0.2, 0) is 0 Å². The first-order valence-corrected chi connectivity index (χ1v) is 7.29. The van der Waals surface area contributed by atoms with Crippen LogP contribution in [0.2, 0.25) is 0 Å². The molecule has 1 aromatic carbocycles. The van der Waals surface area contributed by atoms with Crippen molar-refractivity contribution in [2.45, 2.75) is 19.9 Å². The molecule has 1 aliphatic heterocycles. The molecule has 1 aromatic rings. The van der Waals surface area contributed by atoms with E-state index in [0.717, 1.165) is 36.3 Å². The van der Waals surface area contributed by atoms with Crippen molar-refractivity contribution >= 4 is 27.6 Å². The van der Waals surface area contributed by atoms with Crippen LogP contribution in [0.25, 0.3) is 0 Å². The van der Waals surface area contributed by atoms with Crippen LogP contribution in [0, 0.1) is 0 Å². The summed E-state index contributed by atoms with van der Waals surface area (Å²) in [7, 11) is 0. The van der Waals surface area contributed by atoms with Gasteiger partial charge in [0.25, 0.3) is 0 Å². The Kier molecular flexibility index (Phi) is 4.47. The van der Waals surface area contributed by atoms with Crippen molar-refractivity contribution in [3.05, 3.63) is 28.2 Å². The van der Waals surface area contributed by atoms with Crippen molar-refractivity contribution in [1.82, 2.24) is 4.90 Å². The highest BCUT2D eigenvalue weighted by molar-refractivity contribution is 9.10. The van der Waals surface area contributed by atoms with Crippen LogP contribution < -0.4 is 4.90 Å². The number of anilines is 1. The highest BCUT2D eigenvalue weighted by atomic mass is 79.9. The maximum atomic E-state index is 11.1. The molecule has 1 saturated heterocycles. The molecule has 1 heterocycles. The van der Waals surface area contributed by atoms with Gasteiger partial charge in [0.05, 0.1) is 5.56 Å². The van der Waals surface area contributed by atoms with Gasteiger partial charge in [0, 0.05) is 42.4 Å². The standard InChI is InChI=1S/C14H19BrN2O2/c1-10(2)16-3-5-17(6-4-16)13-8-11(14(18)19)7-12(15)9-13/h7-10H,3-6H2,1-2H3,(H,18,19). The van der Waals surface area contributed by atoms with Gasteiger partial charge in [-0.05, 0) is 32.0 Å². The number of hydrogen-bond donors (Lipinski definition) is 1. The molecule has 1 fully saturated rings. The van der Waals surface area contributed by atoms with Crippen molar-refractivity contribution in [3.63, 3.8) is 0 Å². The second-order valence-electron chi connectivity index (χ2n) is 5.12. The molecule has 0 atom stereocenters. The Morgan fingerprint density at radius 1 is 1.21 bits per heavy atom. The zero-order valence-electron chi connectivity index (χ0n) is 11.3. The molecule has 0 amide bonds. The lowest BCUT2D eigenvalue weighted by Crippen LogP contribution is -2.48. The Bertz CT molecular complexity index is 469. The second-order valence-corrected chi connectivity index (χ2v) is 6.04. The van der Waals surface area contributed by atoms with Crippen molar-refractivity contribution in [3.8, 4) is 0 Å². The minimum absolute atomic E-state index is 0.329. The van der Waals surface area contributed by atoms with Crippen LogP contribution in [0.5, 0.6) is 0 Å². The van der Waals surface area contributed by atoms with Crippen LogP contribution in [0.4, 0.5) is 5.69 Å². The Labute approximate surface area is 122 Å².